The molecular formula is C17H21BrFN3O2. The molecular weight excluding hydrogens is 377 g/mol. The van der Waals surface area contributed by atoms with Gasteiger partial charge in [-0.15, -0.1) is 0 Å². The molecule has 0 bridgehead atoms. The van der Waals surface area contributed by atoms with Crippen LogP contribution in [0.4, 0.5) is 4.39 Å². The molecule has 24 heavy (non-hydrogen) atoms. The van der Waals surface area contributed by atoms with Crippen molar-refractivity contribution in [1.82, 2.24) is 9.80 Å². The predicted molar refractivity (Wildman–Crippen MR) is 91.9 cm³/mol. The largest absolute Gasteiger partial charge is 0.339 e. The number of carbonyl (C=O) groups is 2. The van der Waals surface area contributed by atoms with Crippen LogP contribution >= 0.6 is 15.9 Å². The number of rotatable bonds is 2. The Morgan fingerprint density at radius 3 is 2.67 bits per heavy atom. The predicted octanol–water partition coefficient (Wildman–Crippen LogP) is 2.14. The van der Waals surface area contributed by atoms with Crippen molar-refractivity contribution < 1.29 is 14.0 Å². The van der Waals surface area contributed by atoms with Gasteiger partial charge in [-0.05, 0) is 59.8 Å². The van der Waals surface area contributed by atoms with Gasteiger partial charge >= 0.3 is 0 Å². The molecule has 0 aliphatic carbocycles. The van der Waals surface area contributed by atoms with Crippen LogP contribution in [0.15, 0.2) is 22.7 Å². The van der Waals surface area contributed by atoms with Gasteiger partial charge in [0.15, 0.2) is 0 Å². The van der Waals surface area contributed by atoms with E-state index in [9.17, 15) is 14.0 Å². The van der Waals surface area contributed by atoms with Crippen molar-refractivity contribution in [2.45, 2.75) is 37.8 Å². The minimum absolute atomic E-state index is 0.0160. The fourth-order valence-corrected chi connectivity index (χ4v) is 3.67. The average molecular weight is 398 g/mol. The molecule has 5 nitrogen and oxygen atoms in total. The van der Waals surface area contributed by atoms with Crippen LogP contribution in [0.2, 0.25) is 0 Å². The minimum Gasteiger partial charge on any atom is -0.339 e. The van der Waals surface area contributed by atoms with Crippen molar-refractivity contribution in [2.24, 2.45) is 5.73 Å². The SMILES string of the molecule is N[C@@H]1CCN(C(=O)C2CCCCN2C(=O)c2ccc(Br)c(F)c2)C1. The van der Waals surface area contributed by atoms with Crippen molar-refractivity contribution in [3.63, 3.8) is 0 Å². The first-order chi connectivity index (χ1) is 11.5. The zero-order valence-electron chi connectivity index (χ0n) is 13.4. The average Bonchev–Trinajstić information content (AvgIpc) is 3.02. The third kappa shape index (κ3) is 3.47. The highest BCUT2D eigenvalue weighted by Crippen LogP contribution is 2.24. The van der Waals surface area contributed by atoms with Crippen LogP contribution in [0.25, 0.3) is 0 Å². The third-order valence-electron chi connectivity index (χ3n) is 4.75. The maximum Gasteiger partial charge on any atom is 0.254 e. The molecule has 0 radical (unpaired) electrons. The molecule has 3 rings (SSSR count). The zero-order chi connectivity index (χ0) is 17.3. The number of nitrogens with zero attached hydrogens (tertiary/aromatic N) is 2. The molecule has 2 amide bonds. The summed E-state index contributed by atoms with van der Waals surface area (Å²) in [5.74, 6) is -0.803. The minimum atomic E-state index is -0.480. The molecule has 1 unspecified atom stereocenters. The number of benzene rings is 1. The lowest BCUT2D eigenvalue weighted by molar-refractivity contribution is -0.136. The number of likely N-dealkylation sites (tertiary alicyclic amines) is 2. The van der Waals surface area contributed by atoms with Crippen molar-refractivity contribution in [1.29, 1.82) is 0 Å². The summed E-state index contributed by atoms with van der Waals surface area (Å²) in [6.07, 6.45) is 3.21. The monoisotopic (exact) mass is 397 g/mol. The molecule has 2 aliphatic rings. The van der Waals surface area contributed by atoms with E-state index in [-0.39, 0.29) is 23.4 Å². The van der Waals surface area contributed by atoms with E-state index >= 15 is 0 Å². The molecule has 1 aromatic rings. The Balaban J connectivity index is 1.79. The number of amides is 2. The summed E-state index contributed by atoms with van der Waals surface area (Å²) < 4.78 is 14.1. The quantitative estimate of drug-likeness (QED) is 0.830. The number of nitrogens with two attached hydrogens (primary N) is 1. The smallest absolute Gasteiger partial charge is 0.254 e. The topological polar surface area (TPSA) is 66.6 Å². The molecule has 2 heterocycles. The van der Waals surface area contributed by atoms with Gasteiger partial charge in [0, 0.05) is 31.2 Å². The van der Waals surface area contributed by atoms with Gasteiger partial charge in [-0.25, -0.2) is 4.39 Å². The number of halogens is 2. The molecule has 7 heteroatoms. The molecule has 1 aromatic carbocycles. The lowest BCUT2D eigenvalue weighted by atomic mass is 9.99. The fraction of sp³-hybridized carbons (Fsp3) is 0.529. The molecule has 0 spiro atoms. The second kappa shape index (κ2) is 7.19. The first kappa shape index (κ1) is 17.4. The van der Waals surface area contributed by atoms with E-state index in [1.807, 2.05) is 0 Å². The summed E-state index contributed by atoms with van der Waals surface area (Å²) in [4.78, 5) is 29.0. The second-order valence-electron chi connectivity index (χ2n) is 6.47. The second-order valence-corrected chi connectivity index (χ2v) is 7.33. The van der Waals surface area contributed by atoms with Crippen LogP contribution in [-0.4, -0.2) is 53.3 Å². The molecule has 0 aromatic heterocycles. The van der Waals surface area contributed by atoms with Crippen LogP contribution in [-0.2, 0) is 4.79 Å². The number of hydrogen-bond acceptors (Lipinski definition) is 3. The van der Waals surface area contributed by atoms with E-state index in [0.717, 1.165) is 19.3 Å². The van der Waals surface area contributed by atoms with Gasteiger partial charge in [-0.3, -0.25) is 9.59 Å². The Morgan fingerprint density at radius 1 is 1.21 bits per heavy atom. The Bertz CT molecular complexity index is 655. The van der Waals surface area contributed by atoms with Crippen molar-refractivity contribution >= 4 is 27.7 Å². The van der Waals surface area contributed by atoms with E-state index in [1.54, 1.807) is 15.9 Å². The van der Waals surface area contributed by atoms with Gasteiger partial charge in [0.1, 0.15) is 11.9 Å². The number of hydrogen-bond donors (Lipinski definition) is 1. The van der Waals surface area contributed by atoms with Crippen LogP contribution in [0.3, 0.4) is 0 Å². The molecule has 2 N–H and O–H groups in total. The van der Waals surface area contributed by atoms with Gasteiger partial charge in [0.25, 0.3) is 5.91 Å². The first-order valence-electron chi connectivity index (χ1n) is 8.28. The van der Waals surface area contributed by atoms with E-state index in [0.29, 0.717) is 30.5 Å². The number of piperidine rings is 1. The molecule has 2 fully saturated rings. The van der Waals surface area contributed by atoms with Crippen LogP contribution in [0.5, 0.6) is 0 Å². The summed E-state index contributed by atoms with van der Waals surface area (Å²) >= 11 is 3.09. The maximum absolute atomic E-state index is 13.7. The van der Waals surface area contributed by atoms with Gasteiger partial charge in [-0.1, -0.05) is 0 Å². The molecule has 2 aliphatic heterocycles. The summed E-state index contributed by atoms with van der Waals surface area (Å²) in [6, 6.07) is 3.86. The zero-order valence-corrected chi connectivity index (χ0v) is 15.0. The Labute approximate surface area is 149 Å². The highest BCUT2D eigenvalue weighted by molar-refractivity contribution is 9.10. The molecule has 2 atom stereocenters. The Morgan fingerprint density at radius 2 is 2.00 bits per heavy atom. The first-order valence-corrected chi connectivity index (χ1v) is 9.07. The van der Waals surface area contributed by atoms with Gasteiger partial charge in [0.05, 0.1) is 4.47 Å². The maximum atomic E-state index is 13.7. The number of carbonyl (C=O) groups excluding carboxylic acids is 2. The van der Waals surface area contributed by atoms with Crippen molar-refractivity contribution in [3.05, 3.63) is 34.1 Å². The standard InChI is InChI=1S/C17H21BrFN3O2/c18-13-5-4-11(9-14(13)19)16(23)22-7-2-1-3-15(22)17(24)21-8-6-12(20)10-21/h4-5,9,12,15H,1-3,6-8,10,20H2/t12-,15?/m1/s1. The Kier molecular flexibility index (Phi) is 5.20. The van der Waals surface area contributed by atoms with Gasteiger partial charge < -0.3 is 15.5 Å². The normalized spacial score (nSPS) is 24.3. The van der Waals surface area contributed by atoms with E-state index in [4.69, 9.17) is 5.73 Å². The van der Waals surface area contributed by atoms with Gasteiger partial charge in [0.2, 0.25) is 5.91 Å². The third-order valence-corrected chi connectivity index (χ3v) is 5.39. The van der Waals surface area contributed by atoms with Crippen LogP contribution in [0, 0.1) is 5.82 Å². The van der Waals surface area contributed by atoms with E-state index in [1.165, 1.54) is 12.1 Å². The highest BCUT2D eigenvalue weighted by atomic mass is 79.9. The summed E-state index contributed by atoms with van der Waals surface area (Å²) in [5, 5.41) is 0. The summed E-state index contributed by atoms with van der Waals surface area (Å²) in [6.45, 7) is 1.71. The molecule has 130 valence electrons. The van der Waals surface area contributed by atoms with E-state index in [2.05, 4.69) is 15.9 Å². The van der Waals surface area contributed by atoms with Crippen molar-refractivity contribution in [3.8, 4) is 0 Å². The van der Waals surface area contributed by atoms with Crippen LogP contribution in [0.1, 0.15) is 36.0 Å². The summed E-state index contributed by atoms with van der Waals surface area (Å²) in [7, 11) is 0. The lowest BCUT2D eigenvalue weighted by Crippen LogP contribution is -2.53. The highest BCUT2D eigenvalue weighted by Gasteiger charge is 2.37. The van der Waals surface area contributed by atoms with E-state index < -0.39 is 11.9 Å². The molecule has 2 saturated heterocycles. The summed E-state index contributed by atoms with van der Waals surface area (Å²) in [5.41, 5.74) is 6.16. The fourth-order valence-electron chi connectivity index (χ4n) is 3.42. The van der Waals surface area contributed by atoms with Crippen molar-refractivity contribution in [2.75, 3.05) is 19.6 Å². The van der Waals surface area contributed by atoms with Crippen LogP contribution < -0.4 is 5.73 Å². The van der Waals surface area contributed by atoms with Gasteiger partial charge in [-0.2, -0.15) is 0 Å². The lowest BCUT2D eigenvalue weighted by Gasteiger charge is -2.37. The molecule has 0 saturated carbocycles. The Hall–Kier alpha value is -1.47.